The summed E-state index contributed by atoms with van der Waals surface area (Å²) in [7, 11) is 0. The number of hydrogen-bond acceptors (Lipinski definition) is 2. The van der Waals surface area contributed by atoms with Crippen LogP contribution >= 0.6 is 0 Å². The third kappa shape index (κ3) is 2.06. The van der Waals surface area contributed by atoms with Gasteiger partial charge in [-0.3, -0.25) is 4.90 Å². The first kappa shape index (κ1) is 10.7. The van der Waals surface area contributed by atoms with Crippen molar-refractivity contribution in [2.45, 2.75) is 38.5 Å². The zero-order chi connectivity index (χ0) is 10.8. The Balaban J connectivity index is 2.06. The van der Waals surface area contributed by atoms with E-state index in [0.717, 1.165) is 13.0 Å². The normalized spacial score (nSPS) is 25.7. The van der Waals surface area contributed by atoms with E-state index in [1.54, 1.807) is 0 Å². The van der Waals surface area contributed by atoms with E-state index in [2.05, 4.69) is 36.1 Å². The minimum absolute atomic E-state index is 0.218. The second kappa shape index (κ2) is 4.33. The quantitative estimate of drug-likeness (QED) is 0.817. The number of nitrogens with zero attached hydrogens (tertiary/aromatic N) is 1. The maximum atomic E-state index is 9.60. The number of rotatable bonds is 3. The maximum absolute atomic E-state index is 9.60. The molecule has 3 atom stereocenters. The fourth-order valence-corrected chi connectivity index (χ4v) is 2.35. The van der Waals surface area contributed by atoms with E-state index in [1.807, 2.05) is 13.0 Å². The van der Waals surface area contributed by atoms with Crippen LogP contribution in [-0.4, -0.2) is 28.7 Å². The Morgan fingerprint density at radius 3 is 2.40 bits per heavy atom. The Morgan fingerprint density at radius 1 is 1.27 bits per heavy atom. The molecule has 0 saturated carbocycles. The lowest BCUT2D eigenvalue weighted by atomic mass is 9.93. The first-order valence-electron chi connectivity index (χ1n) is 5.69. The molecule has 1 aromatic carbocycles. The van der Waals surface area contributed by atoms with Gasteiger partial charge in [0, 0.05) is 18.6 Å². The van der Waals surface area contributed by atoms with Crippen LogP contribution in [-0.2, 0) is 0 Å². The lowest BCUT2D eigenvalue weighted by molar-refractivity contribution is -0.0300. The average molecular weight is 205 g/mol. The summed E-state index contributed by atoms with van der Waals surface area (Å²) < 4.78 is 0. The highest BCUT2D eigenvalue weighted by atomic mass is 16.3. The summed E-state index contributed by atoms with van der Waals surface area (Å²) in [6, 6.07) is 11.3. The van der Waals surface area contributed by atoms with E-state index < -0.39 is 0 Å². The zero-order valence-corrected chi connectivity index (χ0v) is 9.43. The molecular formula is C13H19NO. The highest BCUT2D eigenvalue weighted by Gasteiger charge is 2.35. The van der Waals surface area contributed by atoms with E-state index in [4.69, 9.17) is 0 Å². The molecule has 1 fully saturated rings. The van der Waals surface area contributed by atoms with Crippen molar-refractivity contribution < 1.29 is 5.11 Å². The molecule has 15 heavy (non-hydrogen) atoms. The molecule has 0 unspecified atom stereocenters. The summed E-state index contributed by atoms with van der Waals surface area (Å²) in [6.45, 7) is 5.20. The zero-order valence-electron chi connectivity index (χ0n) is 9.43. The van der Waals surface area contributed by atoms with Crippen molar-refractivity contribution in [1.82, 2.24) is 4.90 Å². The first-order chi connectivity index (χ1) is 7.20. The van der Waals surface area contributed by atoms with E-state index in [1.165, 1.54) is 5.56 Å². The Labute approximate surface area is 91.5 Å². The van der Waals surface area contributed by atoms with Crippen LogP contribution in [0.25, 0.3) is 0 Å². The molecule has 0 aromatic heterocycles. The molecule has 2 rings (SSSR count). The number of aliphatic hydroxyl groups excluding tert-OH is 1. The molecule has 1 aromatic rings. The van der Waals surface area contributed by atoms with Gasteiger partial charge < -0.3 is 5.11 Å². The van der Waals surface area contributed by atoms with Crippen LogP contribution in [0.2, 0.25) is 0 Å². The summed E-state index contributed by atoms with van der Waals surface area (Å²) in [6.07, 6.45) is 0.902. The van der Waals surface area contributed by atoms with Gasteiger partial charge in [-0.05, 0) is 25.8 Å². The van der Waals surface area contributed by atoms with Gasteiger partial charge in [-0.25, -0.2) is 0 Å². The minimum atomic E-state index is -0.218. The fourth-order valence-electron chi connectivity index (χ4n) is 2.35. The van der Waals surface area contributed by atoms with Gasteiger partial charge in [0.15, 0.2) is 0 Å². The second-order valence-electron chi connectivity index (χ2n) is 4.42. The number of benzene rings is 1. The van der Waals surface area contributed by atoms with Crippen LogP contribution in [0.3, 0.4) is 0 Å². The molecule has 1 N–H and O–H groups in total. The van der Waals surface area contributed by atoms with Crippen LogP contribution < -0.4 is 0 Å². The molecule has 0 spiro atoms. The Bertz CT molecular complexity index is 310. The van der Waals surface area contributed by atoms with E-state index >= 15 is 0 Å². The third-order valence-electron chi connectivity index (χ3n) is 3.45. The van der Waals surface area contributed by atoms with Gasteiger partial charge in [-0.1, -0.05) is 30.3 Å². The van der Waals surface area contributed by atoms with Crippen molar-refractivity contribution in [2.75, 3.05) is 6.54 Å². The number of hydrogen-bond donors (Lipinski definition) is 1. The first-order valence-corrected chi connectivity index (χ1v) is 5.69. The second-order valence-corrected chi connectivity index (χ2v) is 4.42. The van der Waals surface area contributed by atoms with Crippen molar-refractivity contribution in [3.05, 3.63) is 35.9 Å². The summed E-state index contributed by atoms with van der Waals surface area (Å²) in [5, 5.41) is 9.60. The predicted octanol–water partition coefficient (Wildman–Crippen LogP) is 2.20. The van der Waals surface area contributed by atoms with Crippen LogP contribution in [0, 0.1) is 0 Å². The topological polar surface area (TPSA) is 23.5 Å². The molecule has 1 aliphatic rings. The largest absolute Gasteiger partial charge is 0.392 e. The van der Waals surface area contributed by atoms with Gasteiger partial charge in [-0.2, -0.15) is 0 Å². The smallest absolute Gasteiger partial charge is 0.0668 e. The van der Waals surface area contributed by atoms with Crippen molar-refractivity contribution in [3.63, 3.8) is 0 Å². The van der Waals surface area contributed by atoms with Crippen molar-refractivity contribution >= 4 is 0 Å². The van der Waals surface area contributed by atoms with Crippen molar-refractivity contribution in [1.29, 1.82) is 0 Å². The summed E-state index contributed by atoms with van der Waals surface area (Å²) in [5.74, 6) is 0. The summed E-state index contributed by atoms with van der Waals surface area (Å²) in [5.41, 5.74) is 1.34. The molecule has 82 valence electrons. The van der Waals surface area contributed by atoms with Crippen LogP contribution in [0.5, 0.6) is 0 Å². The van der Waals surface area contributed by atoms with Gasteiger partial charge >= 0.3 is 0 Å². The summed E-state index contributed by atoms with van der Waals surface area (Å²) >= 11 is 0. The van der Waals surface area contributed by atoms with Gasteiger partial charge in [-0.15, -0.1) is 0 Å². The van der Waals surface area contributed by atoms with Crippen LogP contribution in [0.1, 0.15) is 31.9 Å². The van der Waals surface area contributed by atoms with E-state index in [-0.39, 0.29) is 6.10 Å². The molecule has 1 heterocycles. The Kier molecular flexibility index (Phi) is 3.08. The lowest BCUT2D eigenvalue weighted by Crippen LogP contribution is -2.54. The summed E-state index contributed by atoms with van der Waals surface area (Å²) in [4.78, 5) is 2.38. The monoisotopic (exact) mass is 205 g/mol. The number of likely N-dealkylation sites (tertiary alicyclic amines) is 1. The molecular weight excluding hydrogens is 186 g/mol. The van der Waals surface area contributed by atoms with Gasteiger partial charge in [0.1, 0.15) is 0 Å². The molecule has 0 amide bonds. The van der Waals surface area contributed by atoms with Gasteiger partial charge in [0.05, 0.1) is 6.10 Å². The lowest BCUT2D eigenvalue weighted by Gasteiger charge is -2.46. The SMILES string of the molecule is C[C@H](O)[C@H]1CCN1[C@H](C)c1ccccc1. The van der Waals surface area contributed by atoms with Gasteiger partial charge in [0.2, 0.25) is 0 Å². The van der Waals surface area contributed by atoms with Crippen molar-refractivity contribution in [3.8, 4) is 0 Å². The van der Waals surface area contributed by atoms with Crippen molar-refractivity contribution in [2.24, 2.45) is 0 Å². The average Bonchev–Trinajstić information content (AvgIpc) is 2.16. The van der Waals surface area contributed by atoms with E-state index in [0.29, 0.717) is 12.1 Å². The molecule has 1 saturated heterocycles. The number of aliphatic hydroxyl groups is 1. The highest BCUT2D eigenvalue weighted by Crippen LogP contribution is 2.31. The standard InChI is InChI=1S/C13H19NO/c1-10(12-6-4-3-5-7-12)14-9-8-13(14)11(2)15/h3-7,10-11,13,15H,8-9H2,1-2H3/t10-,11+,13-/m1/s1. The Hall–Kier alpha value is -0.860. The Morgan fingerprint density at radius 2 is 1.93 bits per heavy atom. The molecule has 0 bridgehead atoms. The minimum Gasteiger partial charge on any atom is -0.392 e. The molecule has 2 nitrogen and oxygen atoms in total. The fraction of sp³-hybridized carbons (Fsp3) is 0.538. The highest BCUT2D eigenvalue weighted by molar-refractivity contribution is 5.19. The van der Waals surface area contributed by atoms with E-state index in [9.17, 15) is 5.11 Å². The predicted molar refractivity (Wildman–Crippen MR) is 61.6 cm³/mol. The van der Waals surface area contributed by atoms with Gasteiger partial charge in [0.25, 0.3) is 0 Å². The van der Waals surface area contributed by atoms with Crippen LogP contribution in [0.4, 0.5) is 0 Å². The molecule has 2 heteroatoms. The molecule has 0 aliphatic carbocycles. The maximum Gasteiger partial charge on any atom is 0.0668 e. The molecule has 1 aliphatic heterocycles. The third-order valence-corrected chi connectivity index (χ3v) is 3.45. The van der Waals surface area contributed by atoms with Crippen LogP contribution in [0.15, 0.2) is 30.3 Å². The molecule has 0 radical (unpaired) electrons.